The molecule has 0 radical (unpaired) electrons. The molecule has 0 nitrogen and oxygen atoms in total. The van der Waals surface area contributed by atoms with Gasteiger partial charge in [-0.15, -0.1) is 0 Å². The molecule has 0 spiro atoms. The Hall–Kier alpha value is 0.0649. The molecule has 0 aromatic heterocycles. The minimum atomic E-state index is 1.08. The van der Waals surface area contributed by atoms with E-state index in [0.717, 1.165) is 11.6 Å². The first-order valence-electron chi connectivity index (χ1n) is 10.4. The summed E-state index contributed by atoms with van der Waals surface area (Å²) in [5, 5.41) is 0. The Morgan fingerprint density at radius 2 is 0.571 bits per heavy atom. The van der Waals surface area contributed by atoms with E-state index in [4.69, 9.17) is 0 Å². The first-order chi connectivity index (χ1) is 10.4. The summed E-state index contributed by atoms with van der Waals surface area (Å²) in [4.78, 5) is 0. The Morgan fingerprint density at radius 3 is 0.857 bits per heavy atom. The van der Waals surface area contributed by atoms with Crippen molar-refractivity contribution in [3.05, 3.63) is 0 Å². The number of rotatable bonds is 2. The Morgan fingerprint density at radius 1 is 0.333 bits per heavy atom. The Kier molecular flexibility index (Phi) is 9.63. The van der Waals surface area contributed by atoms with Gasteiger partial charge in [0, 0.05) is 0 Å². The molecule has 0 aromatic rings. The normalized spacial score (nSPS) is 26.1. The predicted molar refractivity (Wildman–Crippen MR) is 97.8 cm³/mol. The highest BCUT2D eigenvalue weighted by Crippen LogP contribution is 2.33. The summed E-state index contributed by atoms with van der Waals surface area (Å²) in [6, 6.07) is 0. The van der Waals surface area contributed by atoms with Gasteiger partial charge in [0.05, 0.1) is 0 Å². The van der Waals surface area contributed by atoms with E-state index in [2.05, 4.69) is 0 Å². The molecule has 2 fully saturated rings. The fourth-order valence-electron chi connectivity index (χ4n) is 4.73. The maximum atomic E-state index is 1.58. The summed E-state index contributed by atoms with van der Waals surface area (Å²) in [5.74, 6) is 2.16. The van der Waals surface area contributed by atoms with Crippen molar-refractivity contribution in [3.63, 3.8) is 0 Å². The monoisotopic (exact) mass is 290 g/mol. The van der Waals surface area contributed by atoms with Crippen molar-refractivity contribution in [3.8, 4) is 0 Å². The van der Waals surface area contributed by atoms with Crippen LogP contribution in [0.3, 0.4) is 0 Å². The first kappa shape index (κ1) is 17.4. The van der Waals surface area contributed by atoms with E-state index in [9.17, 15) is 0 Å². The third-order valence-electron chi connectivity index (χ3n) is 6.12. The van der Waals surface area contributed by atoms with Gasteiger partial charge in [-0.05, 0) is 0 Å². The smallest absolute Gasteiger partial charge is 0.0654 e. The summed E-state index contributed by atoms with van der Waals surface area (Å²) in [6.07, 6.45) is 27.4. The Labute approximate surface area is 135 Å². The van der Waals surface area contributed by atoms with E-state index in [1.807, 2.05) is 0 Å². The van der Waals surface area contributed by atoms with Crippen LogP contribution in [0, 0.1) is 0 Å². The van der Waals surface area contributed by atoms with Gasteiger partial charge in [0.25, 0.3) is 0 Å². The van der Waals surface area contributed by atoms with Crippen molar-refractivity contribution in [2.45, 2.75) is 127 Å². The van der Waals surface area contributed by atoms with Crippen molar-refractivity contribution in [2.24, 2.45) is 0 Å². The van der Waals surface area contributed by atoms with Crippen LogP contribution in [-0.4, -0.2) is 7.28 Å². The van der Waals surface area contributed by atoms with Gasteiger partial charge in [-0.25, -0.2) is 0 Å². The van der Waals surface area contributed by atoms with E-state index in [0.29, 0.717) is 0 Å². The quantitative estimate of drug-likeness (QED) is 0.478. The standard InChI is InChI=1S/C20H39B/c1-3-7-11-15-19(16-12-8-4-1)21-20-17-13-9-5-2-6-10-14-18-20/h19-21H,1-18H2. The SMILES string of the molecule is B(C1CCCCCCCCC1)C1CCCCCCCCC1. The number of hydrogen-bond donors (Lipinski definition) is 0. The molecule has 0 heterocycles. The zero-order chi connectivity index (χ0) is 14.6. The van der Waals surface area contributed by atoms with E-state index >= 15 is 0 Å². The highest BCUT2D eigenvalue weighted by Gasteiger charge is 2.19. The lowest BCUT2D eigenvalue weighted by molar-refractivity contribution is 0.482. The summed E-state index contributed by atoms with van der Waals surface area (Å²) >= 11 is 0. The molecule has 122 valence electrons. The molecule has 1 heteroatoms. The summed E-state index contributed by atoms with van der Waals surface area (Å²) < 4.78 is 0. The van der Waals surface area contributed by atoms with Crippen molar-refractivity contribution in [1.29, 1.82) is 0 Å². The van der Waals surface area contributed by atoms with Gasteiger partial charge in [0.1, 0.15) is 7.28 Å². The van der Waals surface area contributed by atoms with Gasteiger partial charge in [-0.3, -0.25) is 0 Å². The van der Waals surface area contributed by atoms with Crippen LogP contribution in [0.4, 0.5) is 0 Å². The molecule has 2 rings (SSSR count). The average Bonchev–Trinajstić information content (AvgIpc) is 2.52. The second-order valence-electron chi connectivity index (χ2n) is 8.07. The van der Waals surface area contributed by atoms with Crippen LogP contribution in [0.5, 0.6) is 0 Å². The van der Waals surface area contributed by atoms with Gasteiger partial charge < -0.3 is 0 Å². The first-order valence-corrected chi connectivity index (χ1v) is 10.4. The molecule has 0 aliphatic heterocycles. The molecule has 0 unspecified atom stereocenters. The molecule has 0 amide bonds. The predicted octanol–water partition coefficient (Wildman–Crippen LogP) is 7.05. The van der Waals surface area contributed by atoms with Crippen LogP contribution in [0.15, 0.2) is 0 Å². The minimum absolute atomic E-state index is 1.08. The van der Waals surface area contributed by atoms with E-state index < -0.39 is 0 Å². The fraction of sp³-hybridized carbons (Fsp3) is 1.00. The lowest BCUT2D eigenvalue weighted by Gasteiger charge is -2.24. The largest absolute Gasteiger partial charge is 0.127 e. The lowest BCUT2D eigenvalue weighted by atomic mass is 9.50. The third-order valence-corrected chi connectivity index (χ3v) is 6.12. The summed E-state index contributed by atoms with van der Waals surface area (Å²) in [6.45, 7) is 0. The van der Waals surface area contributed by atoms with Gasteiger partial charge in [-0.2, -0.15) is 0 Å². The maximum absolute atomic E-state index is 1.58. The number of hydrogen-bond acceptors (Lipinski definition) is 0. The van der Waals surface area contributed by atoms with Crippen molar-refractivity contribution in [2.75, 3.05) is 0 Å². The summed E-state index contributed by atoms with van der Waals surface area (Å²) in [5.41, 5.74) is 0. The van der Waals surface area contributed by atoms with Crippen LogP contribution in [0.2, 0.25) is 11.6 Å². The molecule has 2 aliphatic carbocycles. The second kappa shape index (κ2) is 11.6. The molecular formula is C20H39B. The van der Waals surface area contributed by atoms with E-state index in [-0.39, 0.29) is 0 Å². The van der Waals surface area contributed by atoms with Crippen LogP contribution in [0.25, 0.3) is 0 Å². The van der Waals surface area contributed by atoms with Gasteiger partial charge in [0.2, 0.25) is 0 Å². The average molecular weight is 290 g/mol. The Balaban J connectivity index is 1.74. The van der Waals surface area contributed by atoms with Crippen LogP contribution < -0.4 is 0 Å². The molecule has 2 aliphatic rings. The van der Waals surface area contributed by atoms with Gasteiger partial charge >= 0.3 is 0 Å². The molecule has 0 saturated heterocycles. The lowest BCUT2D eigenvalue weighted by Crippen LogP contribution is -2.13. The van der Waals surface area contributed by atoms with Gasteiger partial charge in [0.15, 0.2) is 0 Å². The van der Waals surface area contributed by atoms with E-state index in [1.165, 1.54) is 89.9 Å². The minimum Gasteiger partial charge on any atom is -0.0654 e. The van der Waals surface area contributed by atoms with Gasteiger partial charge in [-0.1, -0.05) is 127 Å². The van der Waals surface area contributed by atoms with Crippen molar-refractivity contribution in [1.82, 2.24) is 0 Å². The zero-order valence-corrected chi connectivity index (χ0v) is 14.6. The Bertz CT molecular complexity index is 194. The second-order valence-corrected chi connectivity index (χ2v) is 8.07. The third kappa shape index (κ3) is 8.31. The zero-order valence-electron chi connectivity index (χ0n) is 14.6. The molecule has 0 aromatic carbocycles. The molecule has 0 atom stereocenters. The topological polar surface area (TPSA) is 0 Å². The molecule has 2 saturated carbocycles. The summed E-state index contributed by atoms with van der Waals surface area (Å²) in [7, 11) is 1.58. The van der Waals surface area contributed by atoms with Crippen LogP contribution in [0.1, 0.15) is 116 Å². The highest BCUT2D eigenvalue weighted by molar-refractivity contribution is 6.39. The highest BCUT2D eigenvalue weighted by atomic mass is 14.1. The van der Waals surface area contributed by atoms with Crippen molar-refractivity contribution < 1.29 is 0 Å². The van der Waals surface area contributed by atoms with Crippen molar-refractivity contribution >= 4 is 7.28 Å². The van der Waals surface area contributed by atoms with E-state index in [1.54, 1.807) is 33.0 Å². The fourth-order valence-corrected chi connectivity index (χ4v) is 4.73. The molecule has 21 heavy (non-hydrogen) atoms. The molecule has 0 N–H and O–H groups in total. The molecular weight excluding hydrogens is 251 g/mol. The maximum Gasteiger partial charge on any atom is 0.127 e. The van der Waals surface area contributed by atoms with Crippen LogP contribution >= 0.6 is 0 Å². The molecule has 0 bridgehead atoms. The van der Waals surface area contributed by atoms with Crippen LogP contribution in [-0.2, 0) is 0 Å².